The minimum Gasteiger partial charge on any atom is -0.461 e. The van der Waals surface area contributed by atoms with Crippen molar-refractivity contribution in [1.82, 2.24) is 4.90 Å². The third kappa shape index (κ3) is 2.22. The number of carbonyl (C=O) groups is 2. The van der Waals surface area contributed by atoms with Crippen LogP contribution in [-0.4, -0.2) is 36.0 Å². The Kier molecular flexibility index (Phi) is 2.68. The number of rotatable bonds is 3. The van der Waals surface area contributed by atoms with Crippen LogP contribution < -0.4 is 0 Å². The van der Waals surface area contributed by atoms with Gasteiger partial charge in [0, 0.05) is 19.9 Å². The van der Waals surface area contributed by atoms with Crippen molar-refractivity contribution in [1.29, 1.82) is 0 Å². The number of ether oxygens (including phenoxy) is 1. The summed E-state index contributed by atoms with van der Waals surface area (Å²) >= 11 is 0. The second-order valence-corrected chi connectivity index (χ2v) is 3.01. The van der Waals surface area contributed by atoms with E-state index in [1.54, 1.807) is 11.8 Å². The van der Waals surface area contributed by atoms with Crippen molar-refractivity contribution in [3.63, 3.8) is 0 Å². The van der Waals surface area contributed by atoms with Crippen LogP contribution in [0.1, 0.15) is 20.3 Å². The Balaban J connectivity index is 2.21. The average molecular weight is 171 g/mol. The molecule has 0 bridgehead atoms. The molecule has 0 N–H and O–H groups in total. The van der Waals surface area contributed by atoms with Gasteiger partial charge in [-0.1, -0.05) is 0 Å². The van der Waals surface area contributed by atoms with Crippen molar-refractivity contribution in [2.75, 3.05) is 13.1 Å². The number of nitrogens with zero attached hydrogens (tertiary/aromatic N) is 1. The lowest BCUT2D eigenvalue weighted by molar-refractivity contribution is -0.151. The van der Waals surface area contributed by atoms with E-state index in [1.807, 2.05) is 0 Å². The monoisotopic (exact) mass is 171 g/mol. The summed E-state index contributed by atoms with van der Waals surface area (Å²) < 4.78 is 4.87. The number of likely N-dealkylation sites (tertiary alicyclic amines) is 1. The molecule has 4 nitrogen and oxygen atoms in total. The molecule has 0 aliphatic carbocycles. The highest BCUT2D eigenvalue weighted by molar-refractivity contribution is 5.81. The Bertz CT molecular complexity index is 202. The molecular formula is C8H13NO3. The molecule has 1 rings (SSSR count). The third-order valence-corrected chi connectivity index (χ3v) is 1.79. The molecule has 1 aliphatic heterocycles. The largest absolute Gasteiger partial charge is 0.461 e. The Morgan fingerprint density at radius 2 is 2.42 bits per heavy atom. The molecule has 0 aromatic rings. The zero-order valence-corrected chi connectivity index (χ0v) is 7.37. The van der Waals surface area contributed by atoms with Crippen molar-refractivity contribution >= 4 is 11.9 Å². The van der Waals surface area contributed by atoms with Crippen molar-refractivity contribution in [2.45, 2.75) is 26.4 Å². The second kappa shape index (κ2) is 3.56. The molecule has 1 unspecified atom stereocenters. The molecular weight excluding hydrogens is 158 g/mol. The van der Waals surface area contributed by atoms with Gasteiger partial charge in [0.05, 0.1) is 6.54 Å². The fourth-order valence-corrected chi connectivity index (χ4v) is 1.19. The summed E-state index contributed by atoms with van der Waals surface area (Å²) in [6.45, 7) is 4.48. The smallest absolute Gasteiger partial charge is 0.302 e. The topological polar surface area (TPSA) is 46.6 Å². The Hall–Kier alpha value is -1.06. The normalized spacial score (nSPS) is 18.5. The van der Waals surface area contributed by atoms with Crippen LogP contribution in [0.25, 0.3) is 0 Å². The van der Waals surface area contributed by atoms with E-state index in [2.05, 4.69) is 0 Å². The van der Waals surface area contributed by atoms with Gasteiger partial charge in [-0.25, -0.2) is 0 Å². The van der Waals surface area contributed by atoms with E-state index in [-0.39, 0.29) is 18.0 Å². The predicted molar refractivity (Wildman–Crippen MR) is 42.4 cm³/mol. The SMILES string of the molecule is CC(=O)OC(C)CN1CCC1=O. The Morgan fingerprint density at radius 3 is 2.75 bits per heavy atom. The summed E-state index contributed by atoms with van der Waals surface area (Å²) in [5, 5.41) is 0. The zero-order valence-electron chi connectivity index (χ0n) is 7.37. The van der Waals surface area contributed by atoms with Gasteiger partial charge in [-0.15, -0.1) is 0 Å². The maximum Gasteiger partial charge on any atom is 0.302 e. The van der Waals surface area contributed by atoms with Gasteiger partial charge >= 0.3 is 5.97 Å². The van der Waals surface area contributed by atoms with Crippen LogP contribution in [0.5, 0.6) is 0 Å². The molecule has 0 aromatic heterocycles. The van der Waals surface area contributed by atoms with Crippen molar-refractivity contribution in [2.24, 2.45) is 0 Å². The van der Waals surface area contributed by atoms with Gasteiger partial charge in [0.1, 0.15) is 6.10 Å². The van der Waals surface area contributed by atoms with E-state index in [0.717, 1.165) is 6.54 Å². The van der Waals surface area contributed by atoms with Crippen molar-refractivity contribution < 1.29 is 14.3 Å². The van der Waals surface area contributed by atoms with Crippen LogP contribution in [0.15, 0.2) is 0 Å². The number of β-lactam (4-membered cyclic amide) rings is 1. The zero-order chi connectivity index (χ0) is 9.14. The molecule has 0 aromatic carbocycles. The molecule has 1 fully saturated rings. The van der Waals surface area contributed by atoms with E-state index >= 15 is 0 Å². The summed E-state index contributed by atoms with van der Waals surface area (Å²) in [5.41, 5.74) is 0. The fourth-order valence-electron chi connectivity index (χ4n) is 1.19. The summed E-state index contributed by atoms with van der Waals surface area (Å²) in [6, 6.07) is 0. The minimum atomic E-state index is -0.296. The molecule has 1 saturated heterocycles. The quantitative estimate of drug-likeness (QED) is 0.449. The molecule has 1 aliphatic rings. The van der Waals surface area contributed by atoms with Crippen molar-refractivity contribution in [3.05, 3.63) is 0 Å². The number of carbonyl (C=O) groups excluding carboxylic acids is 2. The molecule has 1 amide bonds. The van der Waals surface area contributed by atoms with Crippen LogP contribution in [0.2, 0.25) is 0 Å². The second-order valence-electron chi connectivity index (χ2n) is 3.01. The molecule has 0 radical (unpaired) electrons. The summed E-state index contributed by atoms with van der Waals surface area (Å²) in [5.74, 6) is -0.149. The van der Waals surface area contributed by atoms with E-state index in [4.69, 9.17) is 4.74 Å². The van der Waals surface area contributed by atoms with Gasteiger partial charge in [0.25, 0.3) is 0 Å². The molecule has 4 heteroatoms. The van der Waals surface area contributed by atoms with Crippen molar-refractivity contribution in [3.8, 4) is 0 Å². The van der Waals surface area contributed by atoms with Gasteiger partial charge in [-0.05, 0) is 6.92 Å². The van der Waals surface area contributed by atoms with E-state index in [0.29, 0.717) is 13.0 Å². The summed E-state index contributed by atoms with van der Waals surface area (Å²) in [4.78, 5) is 23.0. The van der Waals surface area contributed by atoms with Crippen LogP contribution in [-0.2, 0) is 14.3 Å². The first kappa shape index (κ1) is 9.03. The first-order valence-electron chi connectivity index (χ1n) is 4.04. The van der Waals surface area contributed by atoms with Crippen LogP contribution in [0.3, 0.4) is 0 Å². The van der Waals surface area contributed by atoms with Gasteiger partial charge in [0.2, 0.25) is 5.91 Å². The summed E-state index contributed by atoms with van der Waals surface area (Å²) in [6.07, 6.45) is 0.444. The highest BCUT2D eigenvalue weighted by Gasteiger charge is 2.25. The van der Waals surface area contributed by atoms with Gasteiger partial charge in [-0.3, -0.25) is 9.59 Å². The van der Waals surface area contributed by atoms with Crippen LogP contribution in [0, 0.1) is 0 Å². The molecule has 12 heavy (non-hydrogen) atoms. The maximum atomic E-state index is 10.8. The van der Waals surface area contributed by atoms with Crippen LogP contribution >= 0.6 is 0 Å². The number of amides is 1. The molecule has 1 heterocycles. The maximum absolute atomic E-state index is 10.8. The predicted octanol–water partition coefficient (Wildman–Crippen LogP) is 0.170. The first-order chi connectivity index (χ1) is 5.59. The fraction of sp³-hybridized carbons (Fsp3) is 0.750. The van der Waals surface area contributed by atoms with E-state index in [9.17, 15) is 9.59 Å². The minimum absolute atomic E-state index is 0.147. The molecule has 1 atom stereocenters. The third-order valence-electron chi connectivity index (χ3n) is 1.79. The number of hydrogen-bond acceptors (Lipinski definition) is 3. The molecule has 0 saturated carbocycles. The average Bonchev–Trinajstić information content (AvgIpc) is 1.96. The lowest BCUT2D eigenvalue weighted by atomic mass is 10.2. The number of esters is 1. The van der Waals surface area contributed by atoms with E-state index < -0.39 is 0 Å². The van der Waals surface area contributed by atoms with Crippen LogP contribution in [0.4, 0.5) is 0 Å². The van der Waals surface area contributed by atoms with Gasteiger partial charge in [0.15, 0.2) is 0 Å². The summed E-state index contributed by atoms with van der Waals surface area (Å²) in [7, 11) is 0. The number of hydrogen-bond donors (Lipinski definition) is 0. The highest BCUT2D eigenvalue weighted by Crippen LogP contribution is 2.09. The van der Waals surface area contributed by atoms with E-state index in [1.165, 1.54) is 6.92 Å². The highest BCUT2D eigenvalue weighted by atomic mass is 16.5. The standard InChI is InChI=1S/C8H13NO3/c1-6(12-7(2)10)5-9-4-3-8(9)11/h6H,3-5H2,1-2H3. The Labute approximate surface area is 71.5 Å². The van der Waals surface area contributed by atoms with Gasteiger partial charge in [-0.2, -0.15) is 0 Å². The lowest BCUT2D eigenvalue weighted by Crippen LogP contribution is -2.47. The first-order valence-corrected chi connectivity index (χ1v) is 4.04. The molecule has 68 valence electrons. The lowest BCUT2D eigenvalue weighted by Gasteiger charge is -2.32. The van der Waals surface area contributed by atoms with Gasteiger partial charge < -0.3 is 9.64 Å². The molecule has 0 spiro atoms. The Morgan fingerprint density at radius 1 is 1.75 bits per heavy atom.